The molecule has 0 atom stereocenters. The summed E-state index contributed by atoms with van der Waals surface area (Å²) in [5.74, 6) is -0.897. The van der Waals surface area contributed by atoms with Gasteiger partial charge in [0.05, 0.1) is 24.6 Å². The van der Waals surface area contributed by atoms with Gasteiger partial charge in [0.2, 0.25) is 0 Å². The molecule has 3 aromatic heterocycles. The van der Waals surface area contributed by atoms with Gasteiger partial charge in [-0.15, -0.1) is 0 Å². The molecule has 0 spiro atoms. The van der Waals surface area contributed by atoms with Gasteiger partial charge in [-0.2, -0.15) is 10.2 Å². The SMILES string of the molecule is Cc1cc(C(F)F)n2ncc(C(=O)Nc3cnn(Cc4cccc(F)c4)c3)c2n1. The standard InChI is InChI=1S/C19H15F3N6O/c1-11-5-16(17(21)22)28-18(25-11)15(8-24-28)19(29)26-14-7-23-27(10-14)9-12-3-2-4-13(20)6-12/h2-8,10,17H,9H2,1H3,(H,26,29). The number of benzene rings is 1. The first kappa shape index (κ1) is 18.7. The van der Waals surface area contributed by atoms with Crippen molar-refractivity contribution in [3.63, 3.8) is 0 Å². The number of hydrogen-bond donors (Lipinski definition) is 1. The van der Waals surface area contributed by atoms with Gasteiger partial charge in [0.25, 0.3) is 12.3 Å². The molecule has 0 saturated carbocycles. The van der Waals surface area contributed by atoms with Crippen LogP contribution in [0.3, 0.4) is 0 Å². The molecule has 0 aliphatic carbocycles. The van der Waals surface area contributed by atoms with E-state index in [1.54, 1.807) is 25.3 Å². The summed E-state index contributed by atoms with van der Waals surface area (Å²) in [6.07, 6.45) is 1.46. The number of aromatic nitrogens is 5. The van der Waals surface area contributed by atoms with Gasteiger partial charge in [-0.05, 0) is 30.7 Å². The number of amides is 1. The number of anilines is 1. The van der Waals surface area contributed by atoms with Crippen molar-refractivity contribution < 1.29 is 18.0 Å². The fraction of sp³-hybridized carbons (Fsp3) is 0.158. The third kappa shape index (κ3) is 3.82. The Morgan fingerprint density at radius 3 is 2.79 bits per heavy atom. The molecule has 3 heterocycles. The van der Waals surface area contributed by atoms with Gasteiger partial charge in [0, 0.05) is 11.9 Å². The summed E-state index contributed by atoms with van der Waals surface area (Å²) >= 11 is 0. The minimum Gasteiger partial charge on any atom is -0.319 e. The monoisotopic (exact) mass is 400 g/mol. The molecule has 148 valence electrons. The molecule has 0 aliphatic heterocycles. The molecule has 0 saturated heterocycles. The maximum atomic E-state index is 13.3. The maximum absolute atomic E-state index is 13.3. The summed E-state index contributed by atoms with van der Waals surface area (Å²) in [5, 5.41) is 10.6. The van der Waals surface area contributed by atoms with Crippen LogP contribution in [-0.4, -0.2) is 30.3 Å². The van der Waals surface area contributed by atoms with Crippen LogP contribution in [0.4, 0.5) is 18.9 Å². The summed E-state index contributed by atoms with van der Waals surface area (Å²) in [6, 6.07) is 7.33. The van der Waals surface area contributed by atoms with E-state index >= 15 is 0 Å². The highest BCUT2D eigenvalue weighted by molar-refractivity contribution is 6.08. The molecule has 10 heteroatoms. The van der Waals surface area contributed by atoms with Crippen LogP contribution < -0.4 is 5.32 Å². The number of hydrogen-bond acceptors (Lipinski definition) is 4. The number of rotatable bonds is 5. The van der Waals surface area contributed by atoms with Crippen molar-refractivity contribution in [3.05, 3.63) is 77.3 Å². The Morgan fingerprint density at radius 2 is 2.03 bits per heavy atom. The third-order valence-electron chi connectivity index (χ3n) is 4.22. The second-order valence-corrected chi connectivity index (χ2v) is 6.43. The van der Waals surface area contributed by atoms with Crippen LogP contribution >= 0.6 is 0 Å². The Hall–Kier alpha value is -3.69. The van der Waals surface area contributed by atoms with Crippen LogP contribution in [0.25, 0.3) is 5.65 Å². The molecule has 0 unspecified atom stereocenters. The maximum Gasteiger partial charge on any atom is 0.280 e. The van der Waals surface area contributed by atoms with Crippen molar-refractivity contribution in [2.75, 3.05) is 5.32 Å². The van der Waals surface area contributed by atoms with Crippen molar-refractivity contribution in [1.82, 2.24) is 24.4 Å². The molecule has 0 bridgehead atoms. The van der Waals surface area contributed by atoms with Gasteiger partial charge in [-0.1, -0.05) is 12.1 Å². The number of nitrogens with one attached hydrogen (secondary N) is 1. The van der Waals surface area contributed by atoms with E-state index in [1.165, 1.54) is 35.3 Å². The predicted octanol–water partition coefficient (Wildman–Crippen LogP) is 3.61. The van der Waals surface area contributed by atoms with E-state index in [4.69, 9.17) is 0 Å². The van der Waals surface area contributed by atoms with E-state index < -0.39 is 12.3 Å². The minimum atomic E-state index is -2.75. The minimum absolute atomic E-state index is 0.0463. The van der Waals surface area contributed by atoms with E-state index in [1.807, 2.05) is 0 Å². The van der Waals surface area contributed by atoms with Crippen LogP contribution in [0.5, 0.6) is 0 Å². The lowest BCUT2D eigenvalue weighted by atomic mass is 10.2. The number of nitrogens with zero attached hydrogens (tertiary/aromatic N) is 5. The Labute approximate surface area is 162 Å². The largest absolute Gasteiger partial charge is 0.319 e. The highest BCUT2D eigenvalue weighted by atomic mass is 19.3. The van der Waals surface area contributed by atoms with Crippen molar-refractivity contribution in [1.29, 1.82) is 0 Å². The first-order chi connectivity index (χ1) is 13.9. The van der Waals surface area contributed by atoms with Crippen molar-refractivity contribution in [2.45, 2.75) is 19.9 Å². The molecule has 29 heavy (non-hydrogen) atoms. The molecular weight excluding hydrogens is 385 g/mol. The highest BCUT2D eigenvalue weighted by Crippen LogP contribution is 2.22. The first-order valence-corrected chi connectivity index (χ1v) is 8.62. The van der Waals surface area contributed by atoms with Gasteiger partial charge in [0.1, 0.15) is 17.1 Å². The van der Waals surface area contributed by atoms with Gasteiger partial charge in [0.15, 0.2) is 5.65 Å². The molecule has 0 fully saturated rings. The summed E-state index contributed by atoms with van der Waals surface area (Å²) in [4.78, 5) is 16.8. The van der Waals surface area contributed by atoms with Crippen LogP contribution in [0, 0.1) is 12.7 Å². The van der Waals surface area contributed by atoms with Gasteiger partial charge in [-0.25, -0.2) is 22.7 Å². The van der Waals surface area contributed by atoms with Crippen molar-refractivity contribution in [3.8, 4) is 0 Å². The van der Waals surface area contributed by atoms with Gasteiger partial charge >= 0.3 is 0 Å². The summed E-state index contributed by atoms with van der Waals surface area (Å²) in [6.45, 7) is 1.89. The van der Waals surface area contributed by atoms with Crippen LogP contribution in [0.15, 0.2) is 48.9 Å². The Morgan fingerprint density at radius 1 is 1.21 bits per heavy atom. The lowest BCUT2D eigenvalue weighted by Gasteiger charge is -2.06. The molecule has 1 aromatic carbocycles. The number of halogens is 3. The van der Waals surface area contributed by atoms with Gasteiger partial charge < -0.3 is 5.32 Å². The molecule has 0 radical (unpaired) electrons. The fourth-order valence-corrected chi connectivity index (χ4v) is 2.96. The Bertz CT molecular complexity index is 1200. The number of fused-ring (bicyclic) bond motifs is 1. The lowest BCUT2D eigenvalue weighted by Crippen LogP contribution is -2.12. The fourth-order valence-electron chi connectivity index (χ4n) is 2.96. The average Bonchev–Trinajstić information content (AvgIpc) is 3.27. The molecule has 4 rings (SSSR count). The first-order valence-electron chi connectivity index (χ1n) is 8.62. The lowest BCUT2D eigenvalue weighted by molar-refractivity contribution is 0.102. The number of carbonyl (C=O) groups excluding carboxylic acids is 1. The third-order valence-corrected chi connectivity index (χ3v) is 4.22. The van der Waals surface area contributed by atoms with E-state index in [-0.39, 0.29) is 22.7 Å². The van der Waals surface area contributed by atoms with E-state index in [9.17, 15) is 18.0 Å². The van der Waals surface area contributed by atoms with Gasteiger partial charge in [-0.3, -0.25) is 9.48 Å². The predicted molar refractivity (Wildman–Crippen MR) is 98.4 cm³/mol. The molecule has 0 aliphatic rings. The number of aryl methyl sites for hydroxylation is 1. The normalized spacial score (nSPS) is 11.3. The van der Waals surface area contributed by atoms with E-state index in [2.05, 4.69) is 20.5 Å². The van der Waals surface area contributed by atoms with E-state index in [0.717, 1.165) is 4.52 Å². The zero-order chi connectivity index (χ0) is 20.5. The summed E-state index contributed by atoms with van der Waals surface area (Å²) in [5.41, 5.74) is 1.23. The Balaban J connectivity index is 1.55. The molecule has 1 N–H and O–H groups in total. The zero-order valence-corrected chi connectivity index (χ0v) is 15.2. The molecular formula is C19H15F3N6O. The zero-order valence-electron chi connectivity index (χ0n) is 15.2. The quantitative estimate of drug-likeness (QED) is 0.555. The van der Waals surface area contributed by atoms with E-state index in [0.29, 0.717) is 23.5 Å². The molecule has 4 aromatic rings. The second-order valence-electron chi connectivity index (χ2n) is 6.43. The number of alkyl halides is 2. The number of carbonyl (C=O) groups is 1. The molecule has 1 amide bonds. The van der Waals surface area contributed by atoms with Crippen LogP contribution in [-0.2, 0) is 6.54 Å². The van der Waals surface area contributed by atoms with Crippen LogP contribution in [0.1, 0.15) is 33.7 Å². The van der Waals surface area contributed by atoms with Crippen molar-refractivity contribution >= 4 is 17.2 Å². The molecule has 7 nitrogen and oxygen atoms in total. The highest BCUT2D eigenvalue weighted by Gasteiger charge is 2.20. The summed E-state index contributed by atoms with van der Waals surface area (Å²) in [7, 11) is 0. The average molecular weight is 400 g/mol. The second kappa shape index (κ2) is 7.38. The smallest absolute Gasteiger partial charge is 0.280 e. The Kier molecular flexibility index (Phi) is 4.75. The van der Waals surface area contributed by atoms with Crippen LogP contribution in [0.2, 0.25) is 0 Å². The summed E-state index contributed by atoms with van der Waals surface area (Å²) < 4.78 is 42.2. The van der Waals surface area contributed by atoms with Crippen molar-refractivity contribution in [2.24, 2.45) is 0 Å². The topological polar surface area (TPSA) is 77.1 Å².